The Morgan fingerprint density at radius 3 is 2.77 bits per heavy atom. The highest BCUT2D eigenvalue weighted by Crippen LogP contribution is 2.31. The SMILES string of the molecule is COc1ccc(CNC(=O)c2c(-c3ccccc3Cl)noc2C)cc1F. The number of nitrogens with one attached hydrogen (secondary N) is 1. The summed E-state index contributed by atoms with van der Waals surface area (Å²) in [5.74, 6) is -0.346. The second-order valence-electron chi connectivity index (χ2n) is 5.59. The molecular weight excluding hydrogens is 359 g/mol. The van der Waals surface area contributed by atoms with Gasteiger partial charge in [-0.25, -0.2) is 4.39 Å². The Morgan fingerprint density at radius 2 is 2.08 bits per heavy atom. The number of ether oxygens (including phenoxy) is 1. The topological polar surface area (TPSA) is 64.4 Å². The van der Waals surface area contributed by atoms with Gasteiger partial charge in [-0.1, -0.05) is 41.0 Å². The number of hydrogen-bond donors (Lipinski definition) is 1. The van der Waals surface area contributed by atoms with Crippen LogP contribution in [0.5, 0.6) is 5.75 Å². The van der Waals surface area contributed by atoms with Gasteiger partial charge in [0.1, 0.15) is 17.0 Å². The van der Waals surface area contributed by atoms with Gasteiger partial charge in [0.2, 0.25) is 0 Å². The van der Waals surface area contributed by atoms with Crippen molar-refractivity contribution in [2.75, 3.05) is 7.11 Å². The van der Waals surface area contributed by atoms with Crippen molar-refractivity contribution in [2.45, 2.75) is 13.5 Å². The zero-order valence-corrected chi connectivity index (χ0v) is 14.9. The predicted octanol–water partition coefficient (Wildman–Crippen LogP) is 4.38. The van der Waals surface area contributed by atoms with Crippen LogP contribution in [0.1, 0.15) is 21.7 Å². The molecule has 5 nitrogen and oxygen atoms in total. The van der Waals surface area contributed by atoms with E-state index < -0.39 is 5.82 Å². The highest BCUT2D eigenvalue weighted by Gasteiger charge is 2.22. The molecule has 1 N–H and O–H groups in total. The summed E-state index contributed by atoms with van der Waals surface area (Å²) in [4.78, 5) is 12.6. The standard InChI is InChI=1S/C19H16ClFN2O3/c1-11-17(18(23-26-11)13-5-3-4-6-14(13)20)19(24)22-10-12-7-8-16(25-2)15(21)9-12/h3-9H,10H2,1-2H3,(H,22,24). The Morgan fingerprint density at radius 1 is 1.31 bits per heavy atom. The van der Waals surface area contributed by atoms with Crippen LogP contribution in [0.3, 0.4) is 0 Å². The number of amides is 1. The summed E-state index contributed by atoms with van der Waals surface area (Å²) >= 11 is 6.20. The van der Waals surface area contributed by atoms with Gasteiger partial charge in [0.05, 0.1) is 12.1 Å². The summed E-state index contributed by atoms with van der Waals surface area (Å²) in [7, 11) is 1.39. The van der Waals surface area contributed by atoms with Gasteiger partial charge in [0.25, 0.3) is 5.91 Å². The summed E-state index contributed by atoms with van der Waals surface area (Å²) in [5, 5.41) is 7.17. The maximum atomic E-state index is 13.8. The van der Waals surface area contributed by atoms with E-state index in [0.29, 0.717) is 33.2 Å². The number of aryl methyl sites for hydroxylation is 1. The van der Waals surface area contributed by atoms with E-state index in [-0.39, 0.29) is 18.2 Å². The lowest BCUT2D eigenvalue weighted by Gasteiger charge is -2.08. The molecule has 0 bridgehead atoms. The van der Waals surface area contributed by atoms with Crippen LogP contribution >= 0.6 is 11.6 Å². The lowest BCUT2D eigenvalue weighted by Crippen LogP contribution is -2.23. The van der Waals surface area contributed by atoms with Gasteiger partial charge >= 0.3 is 0 Å². The van der Waals surface area contributed by atoms with Gasteiger partial charge in [-0.15, -0.1) is 0 Å². The number of methoxy groups -OCH3 is 1. The van der Waals surface area contributed by atoms with E-state index in [0.717, 1.165) is 0 Å². The average Bonchev–Trinajstić information content (AvgIpc) is 3.01. The van der Waals surface area contributed by atoms with Gasteiger partial charge in [-0.3, -0.25) is 4.79 Å². The second-order valence-corrected chi connectivity index (χ2v) is 6.00. The van der Waals surface area contributed by atoms with Crippen LogP contribution in [0.4, 0.5) is 4.39 Å². The molecule has 0 spiro atoms. The number of hydrogen-bond acceptors (Lipinski definition) is 4. The summed E-state index contributed by atoms with van der Waals surface area (Å²) in [6.07, 6.45) is 0. The van der Waals surface area contributed by atoms with Gasteiger partial charge in [0.15, 0.2) is 11.6 Å². The Labute approximate surface area is 154 Å². The van der Waals surface area contributed by atoms with Crippen LogP contribution in [-0.2, 0) is 6.54 Å². The zero-order chi connectivity index (χ0) is 18.7. The Hall–Kier alpha value is -2.86. The first-order valence-electron chi connectivity index (χ1n) is 7.83. The lowest BCUT2D eigenvalue weighted by molar-refractivity contribution is 0.0950. The molecule has 7 heteroatoms. The van der Waals surface area contributed by atoms with Gasteiger partial charge in [0, 0.05) is 12.1 Å². The van der Waals surface area contributed by atoms with E-state index in [2.05, 4.69) is 10.5 Å². The van der Waals surface area contributed by atoms with Crippen molar-refractivity contribution in [2.24, 2.45) is 0 Å². The number of carbonyl (C=O) groups is 1. The molecule has 3 aromatic rings. The molecule has 0 saturated carbocycles. The van der Waals surface area contributed by atoms with E-state index in [1.165, 1.54) is 19.2 Å². The lowest BCUT2D eigenvalue weighted by atomic mass is 10.1. The number of halogens is 2. The van der Waals surface area contributed by atoms with Crippen molar-refractivity contribution in [3.8, 4) is 17.0 Å². The van der Waals surface area contributed by atoms with Crippen LogP contribution in [-0.4, -0.2) is 18.2 Å². The van der Waals surface area contributed by atoms with Crippen molar-refractivity contribution in [3.63, 3.8) is 0 Å². The van der Waals surface area contributed by atoms with Gasteiger partial charge in [-0.05, 0) is 30.7 Å². The third kappa shape index (κ3) is 3.55. The van der Waals surface area contributed by atoms with E-state index >= 15 is 0 Å². The highest BCUT2D eigenvalue weighted by molar-refractivity contribution is 6.33. The minimum absolute atomic E-state index is 0.145. The van der Waals surface area contributed by atoms with Crippen LogP contribution in [0, 0.1) is 12.7 Å². The van der Waals surface area contributed by atoms with Crippen molar-refractivity contribution < 1.29 is 18.4 Å². The molecule has 0 atom stereocenters. The molecule has 1 heterocycles. The fourth-order valence-electron chi connectivity index (χ4n) is 2.57. The second kappa shape index (κ2) is 7.58. The summed E-state index contributed by atoms with van der Waals surface area (Å²) in [5.41, 5.74) is 1.87. The van der Waals surface area contributed by atoms with Gasteiger partial charge in [-0.2, -0.15) is 0 Å². The molecule has 1 amide bonds. The summed E-state index contributed by atoms with van der Waals surface area (Å²) in [6, 6.07) is 11.6. The Bertz CT molecular complexity index is 956. The highest BCUT2D eigenvalue weighted by atomic mass is 35.5. The maximum Gasteiger partial charge on any atom is 0.257 e. The minimum Gasteiger partial charge on any atom is -0.494 e. The molecule has 0 aliphatic heterocycles. The number of nitrogens with zero attached hydrogens (tertiary/aromatic N) is 1. The molecule has 26 heavy (non-hydrogen) atoms. The van der Waals surface area contributed by atoms with Crippen LogP contribution < -0.4 is 10.1 Å². The zero-order valence-electron chi connectivity index (χ0n) is 14.2. The molecule has 0 aliphatic rings. The monoisotopic (exact) mass is 374 g/mol. The van der Waals surface area contributed by atoms with E-state index in [1.807, 2.05) is 0 Å². The van der Waals surface area contributed by atoms with Crippen molar-refractivity contribution in [1.82, 2.24) is 10.5 Å². The Kier molecular flexibility index (Phi) is 5.23. The smallest absolute Gasteiger partial charge is 0.257 e. The maximum absolute atomic E-state index is 13.8. The molecule has 1 aromatic heterocycles. The largest absolute Gasteiger partial charge is 0.494 e. The number of aromatic nitrogens is 1. The van der Waals surface area contributed by atoms with Crippen molar-refractivity contribution >= 4 is 17.5 Å². The molecule has 0 fully saturated rings. The molecule has 134 valence electrons. The van der Waals surface area contributed by atoms with Gasteiger partial charge < -0.3 is 14.6 Å². The van der Waals surface area contributed by atoms with Crippen LogP contribution in [0.2, 0.25) is 5.02 Å². The molecular formula is C19H16ClFN2O3. The first kappa shape index (κ1) is 17.9. The third-order valence-electron chi connectivity index (χ3n) is 3.89. The van der Waals surface area contributed by atoms with E-state index in [1.54, 1.807) is 37.3 Å². The Balaban J connectivity index is 1.82. The molecule has 0 saturated heterocycles. The predicted molar refractivity (Wildman–Crippen MR) is 95.8 cm³/mol. The van der Waals surface area contributed by atoms with Crippen LogP contribution in [0.15, 0.2) is 47.0 Å². The summed E-state index contributed by atoms with van der Waals surface area (Å²) in [6.45, 7) is 1.79. The molecule has 2 aromatic carbocycles. The first-order valence-corrected chi connectivity index (χ1v) is 8.21. The quantitative estimate of drug-likeness (QED) is 0.719. The minimum atomic E-state index is -0.489. The van der Waals surface area contributed by atoms with Crippen LogP contribution in [0.25, 0.3) is 11.3 Å². The third-order valence-corrected chi connectivity index (χ3v) is 4.22. The fraction of sp³-hybridized carbons (Fsp3) is 0.158. The number of benzene rings is 2. The average molecular weight is 375 g/mol. The summed E-state index contributed by atoms with van der Waals surface area (Å²) < 4.78 is 23.8. The fourth-order valence-corrected chi connectivity index (χ4v) is 2.79. The first-order chi connectivity index (χ1) is 12.5. The molecule has 0 aliphatic carbocycles. The van der Waals surface area contributed by atoms with E-state index in [4.69, 9.17) is 20.9 Å². The van der Waals surface area contributed by atoms with E-state index in [9.17, 15) is 9.18 Å². The van der Waals surface area contributed by atoms with Crippen molar-refractivity contribution in [3.05, 3.63) is 70.2 Å². The molecule has 0 radical (unpaired) electrons. The molecule has 0 unspecified atom stereocenters. The number of carbonyl (C=O) groups excluding carboxylic acids is 1. The molecule has 3 rings (SSSR count). The van der Waals surface area contributed by atoms with Crippen molar-refractivity contribution in [1.29, 1.82) is 0 Å². The number of rotatable bonds is 5. The normalized spacial score (nSPS) is 10.6.